The molecule has 77 heavy (non-hydrogen) atoms. The summed E-state index contributed by atoms with van der Waals surface area (Å²) in [6.07, 6.45) is 4.80. The zero-order valence-corrected chi connectivity index (χ0v) is 50.9. The largest absolute Gasteiger partial charge is 0.335 e. The van der Waals surface area contributed by atoms with E-state index >= 15 is 0 Å². The van der Waals surface area contributed by atoms with Gasteiger partial charge in [0.15, 0.2) is 0 Å². The summed E-state index contributed by atoms with van der Waals surface area (Å²) >= 11 is 2.00. The van der Waals surface area contributed by atoms with Gasteiger partial charge in [-0.25, -0.2) is 0 Å². The molecule has 2 unspecified atom stereocenters. The Morgan fingerprint density at radius 2 is 0.974 bits per heavy atom. The van der Waals surface area contributed by atoms with Gasteiger partial charge in [0.25, 0.3) is 6.71 Å². The molecule has 1 aliphatic carbocycles. The van der Waals surface area contributed by atoms with Gasteiger partial charge in [0.05, 0.1) is 27.3 Å². The molecule has 1 saturated carbocycles. The Morgan fingerprint density at radius 3 is 1.53 bits per heavy atom. The number of aryl methyl sites for hydroxylation is 2. The molecule has 4 aliphatic rings. The van der Waals surface area contributed by atoms with E-state index in [0.29, 0.717) is 0 Å². The minimum atomic E-state index is -0.144. The Balaban J connectivity index is 1.26. The van der Waals surface area contributed by atoms with Crippen LogP contribution in [0.1, 0.15) is 188 Å². The highest BCUT2D eigenvalue weighted by molar-refractivity contribution is 7.26. The third-order valence-corrected chi connectivity index (χ3v) is 20.3. The first-order valence-electron chi connectivity index (χ1n) is 29.0. The molecule has 5 heteroatoms. The number of hydrogen-bond donors (Lipinski definition) is 0. The van der Waals surface area contributed by atoms with Crippen LogP contribution in [0.5, 0.6) is 0 Å². The fourth-order valence-electron chi connectivity index (χ4n) is 14.3. The molecule has 0 amide bonds. The SMILES string of the molecule is Cc1cc(C(C)(C)C)cc(C)c1N1c2cc(N(c3ccc(C(C)(C)C)cc3)c3ccc(C(C)(C)C)cc3)cc3c2B(c2cc(C(C)(C)C)cc4c2N3C2(C)CCCCC42C)c2ccc3c(sc4cc(C(C)(C)C)ccc43)c21. The summed E-state index contributed by atoms with van der Waals surface area (Å²) in [5, 5.41) is 2.68. The Hall–Kier alpha value is -5.78. The van der Waals surface area contributed by atoms with Crippen LogP contribution in [0.25, 0.3) is 20.2 Å². The van der Waals surface area contributed by atoms with Gasteiger partial charge in [-0.3, -0.25) is 0 Å². The lowest BCUT2D eigenvalue weighted by Gasteiger charge is -2.53. The Labute approximate surface area is 467 Å². The van der Waals surface area contributed by atoms with Gasteiger partial charge in [-0.05, 0) is 164 Å². The molecule has 8 aromatic rings. The molecule has 0 N–H and O–H groups in total. The smallest absolute Gasteiger partial charge is 0.252 e. The molecule has 0 bridgehead atoms. The number of fused-ring (bicyclic) bond motifs is 11. The number of anilines is 8. The van der Waals surface area contributed by atoms with E-state index in [-0.39, 0.29) is 44.7 Å². The van der Waals surface area contributed by atoms with Crippen molar-refractivity contribution in [1.82, 2.24) is 0 Å². The average Bonchev–Trinajstić information content (AvgIpc) is 4.10. The predicted octanol–water partition coefficient (Wildman–Crippen LogP) is 19.0. The van der Waals surface area contributed by atoms with Gasteiger partial charge in [-0.1, -0.05) is 196 Å². The van der Waals surface area contributed by atoms with Crippen molar-refractivity contribution in [2.45, 2.75) is 195 Å². The normalized spacial score (nSPS) is 19.2. The molecular formula is C72H84BN3S. The van der Waals surface area contributed by atoms with Gasteiger partial charge in [0.1, 0.15) is 0 Å². The molecule has 0 radical (unpaired) electrons. The van der Waals surface area contributed by atoms with E-state index in [4.69, 9.17) is 0 Å². The number of benzene rings is 7. The van der Waals surface area contributed by atoms with Crippen LogP contribution in [-0.2, 0) is 32.5 Å². The van der Waals surface area contributed by atoms with Crippen molar-refractivity contribution in [2.75, 3.05) is 14.7 Å². The molecule has 1 fully saturated rings. The lowest BCUT2D eigenvalue weighted by Crippen LogP contribution is -2.64. The molecular weight excluding hydrogens is 950 g/mol. The lowest BCUT2D eigenvalue weighted by atomic mass is 9.33. The molecule has 7 aromatic carbocycles. The summed E-state index contributed by atoms with van der Waals surface area (Å²) in [6.45, 7) is 45.4. The van der Waals surface area contributed by atoms with Crippen molar-refractivity contribution < 1.29 is 0 Å². The van der Waals surface area contributed by atoms with Crippen molar-refractivity contribution >= 4 is 100 Å². The zero-order valence-electron chi connectivity index (χ0n) is 50.1. The van der Waals surface area contributed by atoms with Crippen LogP contribution in [0.2, 0.25) is 0 Å². The molecule has 12 rings (SSSR count). The highest BCUT2D eigenvalue weighted by atomic mass is 32.1. The van der Waals surface area contributed by atoms with Gasteiger partial charge in [0, 0.05) is 49.3 Å². The summed E-state index contributed by atoms with van der Waals surface area (Å²) in [4.78, 5) is 8.30. The Kier molecular flexibility index (Phi) is 11.4. The van der Waals surface area contributed by atoms with Gasteiger partial charge in [-0.2, -0.15) is 0 Å². The minimum Gasteiger partial charge on any atom is -0.335 e. The maximum atomic E-state index is 2.93. The highest BCUT2D eigenvalue weighted by Gasteiger charge is 2.62. The third kappa shape index (κ3) is 7.84. The first-order chi connectivity index (χ1) is 35.9. The van der Waals surface area contributed by atoms with E-state index in [0.717, 1.165) is 6.42 Å². The molecule has 396 valence electrons. The lowest BCUT2D eigenvalue weighted by molar-refractivity contribution is 0.195. The van der Waals surface area contributed by atoms with Crippen molar-refractivity contribution in [3.05, 3.63) is 160 Å². The van der Waals surface area contributed by atoms with Crippen LogP contribution in [0.15, 0.2) is 115 Å². The number of nitrogens with zero attached hydrogens (tertiary/aromatic N) is 3. The van der Waals surface area contributed by atoms with E-state index in [1.807, 2.05) is 11.3 Å². The van der Waals surface area contributed by atoms with Crippen LogP contribution in [-0.4, -0.2) is 12.3 Å². The fourth-order valence-corrected chi connectivity index (χ4v) is 15.6. The number of thiophene rings is 1. The van der Waals surface area contributed by atoms with Crippen molar-refractivity contribution in [1.29, 1.82) is 0 Å². The molecule has 0 saturated heterocycles. The maximum Gasteiger partial charge on any atom is 0.252 e. The van der Waals surface area contributed by atoms with E-state index < -0.39 is 0 Å². The zero-order chi connectivity index (χ0) is 55.1. The second-order valence-electron chi connectivity index (χ2n) is 29.6. The molecule has 0 spiro atoms. The number of hydrogen-bond acceptors (Lipinski definition) is 4. The molecule has 1 aromatic heterocycles. The van der Waals surface area contributed by atoms with Gasteiger partial charge in [-0.15, -0.1) is 11.3 Å². The topological polar surface area (TPSA) is 9.72 Å². The Morgan fingerprint density at radius 1 is 0.468 bits per heavy atom. The second kappa shape index (κ2) is 16.9. The maximum absolute atomic E-state index is 2.93. The molecule has 2 atom stereocenters. The van der Waals surface area contributed by atoms with E-state index in [9.17, 15) is 0 Å². The molecule has 3 aliphatic heterocycles. The van der Waals surface area contributed by atoms with Crippen molar-refractivity contribution in [3.63, 3.8) is 0 Å². The third-order valence-electron chi connectivity index (χ3n) is 19.2. The van der Waals surface area contributed by atoms with E-state index in [1.165, 1.54) is 140 Å². The van der Waals surface area contributed by atoms with Crippen LogP contribution in [0, 0.1) is 13.8 Å². The standard InChI is InChI=1S/C72H84BN3S/c1-43-36-48(69(12,13)14)37-44(2)62(43)75-58-41-52(74(50-27-22-45(23-28-50)66(3,4)5)51-29-24-46(25-30-51)67(6,7)8)42-59-61(58)73(56-33-32-54-53-31-26-47(68(9,10)11)40-60(53)77-65(54)64(56)75)57-39-49(70(15,16)17)38-55-63(57)76(59)72(19)35-21-20-34-71(55,72)18/h22-33,36-42H,20-21,34-35H2,1-19H3. The highest BCUT2D eigenvalue weighted by Crippen LogP contribution is 2.63. The van der Waals surface area contributed by atoms with Crippen molar-refractivity contribution in [2.24, 2.45) is 0 Å². The van der Waals surface area contributed by atoms with Crippen LogP contribution >= 0.6 is 11.3 Å². The fraction of sp³-hybridized carbons (Fsp3) is 0.417. The first-order valence-corrected chi connectivity index (χ1v) is 29.8. The van der Waals surface area contributed by atoms with E-state index in [2.05, 4.69) is 262 Å². The molecule has 4 heterocycles. The van der Waals surface area contributed by atoms with Gasteiger partial charge in [0.2, 0.25) is 0 Å². The van der Waals surface area contributed by atoms with Gasteiger partial charge < -0.3 is 14.7 Å². The monoisotopic (exact) mass is 1030 g/mol. The second-order valence-corrected chi connectivity index (χ2v) is 30.7. The van der Waals surface area contributed by atoms with Crippen LogP contribution in [0.3, 0.4) is 0 Å². The van der Waals surface area contributed by atoms with Crippen LogP contribution in [0.4, 0.5) is 45.5 Å². The minimum absolute atomic E-state index is 0.00284. The number of rotatable bonds is 4. The predicted molar refractivity (Wildman–Crippen MR) is 339 cm³/mol. The summed E-state index contributed by atoms with van der Waals surface area (Å²) in [5.74, 6) is 0. The Bertz CT molecular complexity index is 3650. The van der Waals surface area contributed by atoms with Crippen LogP contribution < -0.4 is 31.1 Å². The summed E-state index contributed by atoms with van der Waals surface area (Å²) in [7, 11) is 0. The summed E-state index contributed by atoms with van der Waals surface area (Å²) in [5.41, 5.74) is 25.5. The summed E-state index contributed by atoms with van der Waals surface area (Å²) in [6, 6.07) is 46.9. The van der Waals surface area contributed by atoms with Gasteiger partial charge >= 0.3 is 0 Å². The van der Waals surface area contributed by atoms with E-state index in [1.54, 1.807) is 5.56 Å². The quantitative estimate of drug-likeness (QED) is 0.163. The average molecular weight is 1030 g/mol. The molecule has 3 nitrogen and oxygen atoms in total. The van der Waals surface area contributed by atoms with Crippen molar-refractivity contribution in [3.8, 4) is 0 Å². The summed E-state index contributed by atoms with van der Waals surface area (Å²) < 4.78 is 2.72. The first kappa shape index (κ1) is 52.0.